The third-order valence-corrected chi connectivity index (χ3v) is 3.25. The highest BCUT2D eigenvalue weighted by molar-refractivity contribution is 7.14. The Morgan fingerprint density at radius 3 is 2.89 bits per heavy atom. The molecule has 1 unspecified atom stereocenters. The van der Waals surface area contributed by atoms with Crippen LogP contribution in [0.4, 0.5) is 9.39 Å². The van der Waals surface area contributed by atoms with Crippen LogP contribution in [0.3, 0.4) is 0 Å². The zero-order valence-electron chi connectivity index (χ0n) is 9.55. The lowest BCUT2D eigenvalue weighted by Crippen LogP contribution is -2.10. The summed E-state index contributed by atoms with van der Waals surface area (Å²) in [5.74, 6) is -1.42. The normalized spacial score (nSPS) is 12.1. The number of benzene rings is 1. The molecule has 0 bridgehead atoms. The number of aromatic carboxylic acids is 1. The summed E-state index contributed by atoms with van der Waals surface area (Å²) in [5.41, 5.74) is 1.89. The summed E-state index contributed by atoms with van der Waals surface area (Å²) >= 11 is 1.18. The molecule has 0 radical (unpaired) electrons. The number of hydrogen-bond donors (Lipinski definition) is 2. The first-order valence-electron chi connectivity index (χ1n) is 5.27. The lowest BCUT2D eigenvalue weighted by Gasteiger charge is -2.15. The number of nitrogens with one attached hydrogen (secondary N) is 1. The van der Waals surface area contributed by atoms with Crippen LogP contribution in [0.5, 0.6) is 0 Å². The van der Waals surface area contributed by atoms with Gasteiger partial charge in [-0.2, -0.15) is 0 Å². The molecular formula is C12H11FN2O2S. The fraction of sp³-hybridized carbons (Fsp3) is 0.167. The van der Waals surface area contributed by atoms with Crippen LogP contribution in [0, 0.1) is 5.82 Å². The van der Waals surface area contributed by atoms with Crippen LogP contribution < -0.4 is 5.32 Å². The average molecular weight is 266 g/mol. The Hall–Kier alpha value is -1.95. The predicted molar refractivity (Wildman–Crippen MR) is 67.5 cm³/mol. The van der Waals surface area contributed by atoms with Gasteiger partial charge in [-0.25, -0.2) is 14.2 Å². The van der Waals surface area contributed by atoms with Crippen LogP contribution in [-0.4, -0.2) is 16.1 Å². The second-order valence-electron chi connectivity index (χ2n) is 3.72. The highest BCUT2D eigenvalue weighted by atomic mass is 32.1. The van der Waals surface area contributed by atoms with Gasteiger partial charge in [-0.3, -0.25) is 0 Å². The molecule has 0 amide bonds. The van der Waals surface area contributed by atoms with Crippen molar-refractivity contribution >= 4 is 22.3 Å². The lowest BCUT2D eigenvalue weighted by molar-refractivity contribution is 0.0692. The lowest BCUT2D eigenvalue weighted by atomic mass is 10.1. The van der Waals surface area contributed by atoms with E-state index in [9.17, 15) is 9.18 Å². The second kappa shape index (κ2) is 5.14. The molecule has 0 saturated heterocycles. The van der Waals surface area contributed by atoms with E-state index in [0.717, 1.165) is 0 Å². The Labute approximate surface area is 107 Å². The quantitative estimate of drug-likeness (QED) is 0.892. The standard InChI is InChI=1S/C12H11FN2O2S/c1-7(8-4-2-3-5-9(8)13)15-11-10(12(16)17)14-6-18-11/h2-7,15H,1H3,(H,16,17). The Balaban J connectivity index is 2.22. The van der Waals surface area contributed by atoms with Crippen LogP contribution >= 0.6 is 11.3 Å². The first kappa shape index (κ1) is 12.5. The van der Waals surface area contributed by atoms with Crippen molar-refractivity contribution in [1.82, 2.24) is 4.98 Å². The molecule has 4 nitrogen and oxygen atoms in total. The first-order chi connectivity index (χ1) is 8.59. The maximum Gasteiger partial charge on any atom is 0.357 e. The fourth-order valence-corrected chi connectivity index (χ4v) is 2.36. The number of hydrogen-bond acceptors (Lipinski definition) is 4. The van der Waals surface area contributed by atoms with E-state index in [4.69, 9.17) is 5.11 Å². The van der Waals surface area contributed by atoms with Gasteiger partial charge in [0.05, 0.1) is 11.6 Å². The number of halogens is 1. The van der Waals surface area contributed by atoms with Gasteiger partial charge in [0, 0.05) is 5.56 Å². The van der Waals surface area contributed by atoms with Gasteiger partial charge in [-0.1, -0.05) is 18.2 Å². The zero-order chi connectivity index (χ0) is 13.1. The van der Waals surface area contributed by atoms with Gasteiger partial charge in [0.2, 0.25) is 0 Å². The molecule has 6 heteroatoms. The van der Waals surface area contributed by atoms with E-state index < -0.39 is 5.97 Å². The summed E-state index contributed by atoms with van der Waals surface area (Å²) in [6, 6.07) is 6.06. The van der Waals surface area contributed by atoms with Crippen molar-refractivity contribution in [1.29, 1.82) is 0 Å². The van der Waals surface area contributed by atoms with Gasteiger partial charge in [-0.15, -0.1) is 11.3 Å². The molecule has 0 spiro atoms. The summed E-state index contributed by atoms with van der Waals surface area (Å²) in [7, 11) is 0. The van der Waals surface area contributed by atoms with Crippen molar-refractivity contribution in [3.05, 3.63) is 46.9 Å². The smallest absolute Gasteiger partial charge is 0.357 e. The summed E-state index contributed by atoms with van der Waals surface area (Å²) in [5, 5.41) is 12.3. The topological polar surface area (TPSA) is 62.2 Å². The maximum atomic E-state index is 13.6. The Kier molecular flexibility index (Phi) is 3.57. The summed E-state index contributed by atoms with van der Waals surface area (Å²) < 4.78 is 13.6. The van der Waals surface area contributed by atoms with Crippen molar-refractivity contribution in [2.75, 3.05) is 5.32 Å². The third kappa shape index (κ3) is 2.48. The predicted octanol–water partition coefficient (Wildman–Crippen LogP) is 3.15. The van der Waals surface area contributed by atoms with E-state index >= 15 is 0 Å². The molecule has 0 saturated carbocycles. The highest BCUT2D eigenvalue weighted by Gasteiger charge is 2.17. The molecule has 18 heavy (non-hydrogen) atoms. The average Bonchev–Trinajstić information content (AvgIpc) is 2.77. The molecule has 1 aromatic carbocycles. The highest BCUT2D eigenvalue weighted by Crippen LogP contribution is 2.26. The number of carbonyl (C=O) groups is 1. The number of nitrogens with zero attached hydrogens (tertiary/aromatic N) is 1. The van der Waals surface area contributed by atoms with Gasteiger partial charge in [0.25, 0.3) is 0 Å². The van der Waals surface area contributed by atoms with Gasteiger partial charge < -0.3 is 10.4 Å². The number of carboxylic acid groups (broad SMARTS) is 1. The van der Waals surface area contributed by atoms with E-state index in [1.807, 2.05) is 0 Å². The Morgan fingerprint density at radius 2 is 2.22 bits per heavy atom. The molecule has 2 N–H and O–H groups in total. The molecule has 0 fully saturated rings. The number of rotatable bonds is 4. The van der Waals surface area contributed by atoms with Crippen molar-refractivity contribution in [3.63, 3.8) is 0 Å². The van der Waals surface area contributed by atoms with Crippen molar-refractivity contribution < 1.29 is 14.3 Å². The SMILES string of the molecule is CC(Nc1scnc1C(=O)O)c1ccccc1F. The van der Waals surface area contributed by atoms with Crippen molar-refractivity contribution in [2.24, 2.45) is 0 Å². The Bertz CT molecular complexity index is 571. The molecule has 0 aliphatic rings. The van der Waals surface area contributed by atoms with E-state index in [1.54, 1.807) is 25.1 Å². The number of thiazole rings is 1. The van der Waals surface area contributed by atoms with Gasteiger partial charge in [0.1, 0.15) is 10.8 Å². The number of carboxylic acids is 1. The Morgan fingerprint density at radius 1 is 1.50 bits per heavy atom. The van der Waals surface area contributed by atoms with Crippen molar-refractivity contribution in [3.8, 4) is 0 Å². The molecule has 0 aliphatic carbocycles. The molecule has 1 heterocycles. The van der Waals surface area contributed by atoms with Crippen LogP contribution in [-0.2, 0) is 0 Å². The van der Waals surface area contributed by atoms with Crippen LogP contribution in [0.2, 0.25) is 0 Å². The van der Waals surface area contributed by atoms with E-state index in [1.165, 1.54) is 22.9 Å². The van der Waals surface area contributed by atoms with Crippen LogP contribution in [0.1, 0.15) is 29.0 Å². The molecule has 94 valence electrons. The minimum atomic E-state index is -1.10. The van der Waals surface area contributed by atoms with E-state index in [-0.39, 0.29) is 17.6 Å². The molecule has 2 aromatic rings. The van der Waals surface area contributed by atoms with Crippen LogP contribution in [0.15, 0.2) is 29.8 Å². The van der Waals surface area contributed by atoms with Gasteiger partial charge in [-0.05, 0) is 13.0 Å². The van der Waals surface area contributed by atoms with Crippen LogP contribution in [0.25, 0.3) is 0 Å². The van der Waals surface area contributed by atoms with E-state index in [2.05, 4.69) is 10.3 Å². The second-order valence-corrected chi connectivity index (χ2v) is 4.58. The van der Waals surface area contributed by atoms with Gasteiger partial charge >= 0.3 is 5.97 Å². The third-order valence-electron chi connectivity index (χ3n) is 2.49. The molecule has 1 atom stereocenters. The fourth-order valence-electron chi connectivity index (χ4n) is 1.60. The summed E-state index contributed by atoms with van der Waals surface area (Å²) in [4.78, 5) is 14.6. The molecule has 1 aromatic heterocycles. The van der Waals surface area contributed by atoms with Gasteiger partial charge in [0.15, 0.2) is 5.69 Å². The first-order valence-corrected chi connectivity index (χ1v) is 6.15. The molecule has 2 rings (SSSR count). The summed E-state index contributed by atoms with van der Waals surface area (Å²) in [6.45, 7) is 1.77. The number of anilines is 1. The van der Waals surface area contributed by atoms with E-state index in [0.29, 0.717) is 10.6 Å². The largest absolute Gasteiger partial charge is 0.476 e. The monoisotopic (exact) mass is 266 g/mol. The molecule has 0 aliphatic heterocycles. The minimum Gasteiger partial charge on any atom is -0.476 e. The zero-order valence-corrected chi connectivity index (χ0v) is 10.4. The minimum absolute atomic E-state index is 0.0387. The summed E-state index contributed by atoms with van der Waals surface area (Å²) in [6.07, 6.45) is 0. The van der Waals surface area contributed by atoms with Crippen molar-refractivity contribution in [2.45, 2.75) is 13.0 Å². The number of aromatic nitrogens is 1. The molecular weight excluding hydrogens is 255 g/mol. The maximum absolute atomic E-state index is 13.6.